The first kappa shape index (κ1) is 10.7. The highest BCUT2D eigenvalue weighted by Crippen LogP contribution is 2.23. The highest BCUT2D eigenvalue weighted by Gasteiger charge is 2.20. The van der Waals surface area contributed by atoms with Crippen LogP contribution >= 0.6 is 0 Å². The standard InChI is InChI=1S/C14H21N/c1-12-7-5-6-10-14(12)15-11-13-8-3-2-4-9-13/h2-4,8-9,12,14-15H,5-7,10-11H2,1H3. The van der Waals surface area contributed by atoms with Crippen LogP contribution in [0.1, 0.15) is 38.2 Å². The second-order valence-electron chi connectivity index (χ2n) is 4.73. The lowest BCUT2D eigenvalue weighted by Gasteiger charge is -2.29. The third-order valence-corrected chi connectivity index (χ3v) is 3.52. The molecule has 1 heteroatoms. The maximum Gasteiger partial charge on any atom is 0.0208 e. The molecule has 15 heavy (non-hydrogen) atoms. The average Bonchev–Trinajstić information content (AvgIpc) is 2.29. The van der Waals surface area contributed by atoms with E-state index in [0.29, 0.717) is 0 Å². The Kier molecular flexibility index (Phi) is 3.79. The molecule has 1 N–H and O–H groups in total. The zero-order chi connectivity index (χ0) is 10.5. The van der Waals surface area contributed by atoms with Gasteiger partial charge in [0.15, 0.2) is 0 Å². The molecule has 82 valence electrons. The van der Waals surface area contributed by atoms with E-state index in [9.17, 15) is 0 Å². The normalized spacial score (nSPS) is 26.5. The zero-order valence-corrected chi connectivity index (χ0v) is 9.58. The van der Waals surface area contributed by atoms with Crippen LogP contribution in [-0.4, -0.2) is 6.04 Å². The van der Waals surface area contributed by atoms with Gasteiger partial charge in [0.25, 0.3) is 0 Å². The number of rotatable bonds is 3. The first-order chi connectivity index (χ1) is 7.36. The van der Waals surface area contributed by atoms with Crippen LogP contribution in [0.4, 0.5) is 0 Å². The highest BCUT2D eigenvalue weighted by atomic mass is 14.9. The minimum absolute atomic E-state index is 0.735. The quantitative estimate of drug-likeness (QED) is 0.794. The molecule has 2 unspecified atom stereocenters. The molecule has 0 radical (unpaired) electrons. The maximum absolute atomic E-state index is 3.69. The smallest absolute Gasteiger partial charge is 0.0208 e. The lowest BCUT2D eigenvalue weighted by Crippen LogP contribution is -2.36. The van der Waals surface area contributed by atoms with E-state index in [1.165, 1.54) is 31.2 Å². The molecule has 1 saturated carbocycles. The molecular weight excluding hydrogens is 182 g/mol. The summed E-state index contributed by atoms with van der Waals surface area (Å²) in [5.74, 6) is 0.850. The van der Waals surface area contributed by atoms with Crippen molar-refractivity contribution in [2.45, 2.75) is 45.2 Å². The molecule has 1 aliphatic rings. The van der Waals surface area contributed by atoms with Crippen LogP contribution in [0, 0.1) is 5.92 Å². The summed E-state index contributed by atoms with van der Waals surface area (Å²) >= 11 is 0. The van der Waals surface area contributed by atoms with E-state index in [0.717, 1.165) is 18.5 Å². The summed E-state index contributed by atoms with van der Waals surface area (Å²) in [5.41, 5.74) is 1.40. The fourth-order valence-corrected chi connectivity index (χ4v) is 2.46. The molecule has 0 aromatic heterocycles. The van der Waals surface area contributed by atoms with Crippen molar-refractivity contribution >= 4 is 0 Å². The van der Waals surface area contributed by atoms with Crippen LogP contribution in [0.5, 0.6) is 0 Å². The molecule has 0 amide bonds. The summed E-state index contributed by atoms with van der Waals surface area (Å²) < 4.78 is 0. The van der Waals surface area contributed by atoms with Gasteiger partial charge in [-0.1, -0.05) is 50.1 Å². The van der Waals surface area contributed by atoms with E-state index in [1.54, 1.807) is 0 Å². The summed E-state index contributed by atoms with van der Waals surface area (Å²) in [6.07, 6.45) is 5.57. The van der Waals surface area contributed by atoms with Gasteiger partial charge in [0.2, 0.25) is 0 Å². The Morgan fingerprint density at radius 2 is 1.87 bits per heavy atom. The van der Waals surface area contributed by atoms with Crippen LogP contribution in [0.25, 0.3) is 0 Å². The van der Waals surface area contributed by atoms with Crippen molar-refractivity contribution in [1.29, 1.82) is 0 Å². The van der Waals surface area contributed by atoms with Crippen LogP contribution in [0.2, 0.25) is 0 Å². The third-order valence-electron chi connectivity index (χ3n) is 3.52. The van der Waals surface area contributed by atoms with Crippen molar-refractivity contribution in [1.82, 2.24) is 5.32 Å². The summed E-state index contributed by atoms with van der Waals surface area (Å²) in [7, 11) is 0. The van der Waals surface area contributed by atoms with E-state index in [-0.39, 0.29) is 0 Å². The van der Waals surface area contributed by atoms with Gasteiger partial charge in [-0.05, 0) is 24.3 Å². The molecule has 0 aliphatic heterocycles. The summed E-state index contributed by atoms with van der Waals surface area (Å²) in [4.78, 5) is 0. The Hall–Kier alpha value is -0.820. The van der Waals surface area contributed by atoms with E-state index in [1.807, 2.05) is 0 Å². The van der Waals surface area contributed by atoms with Gasteiger partial charge < -0.3 is 5.32 Å². The van der Waals surface area contributed by atoms with E-state index in [2.05, 4.69) is 42.6 Å². The first-order valence-electron chi connectivity index (χ1n) is 6.13. The average molecular weight is 203 g/mol. The highest BCUT2D eigenvalue weighted by molar-refractivity contribution is 5.14. The number of hydrogen-bond acceptors (Lipinski definition) is 1. The van der Waals surface area contributed by atoms with Gasteiger partial charge in [0.1, 0.15) is 0 Å². The monoisotopic (exact) mass is 203 g/mol. The van der Waals surface area contributed by atoms with Gasteiger partial charge >= 0.3 is 0 Å². The Morgan fingerprint density at radius 3 is 2.60 bits per heavy atom. The molecule has 0 heterocycles. The van der Waals surface area contributed by atoms with Gasteiger partial charge in [-0.25, -0.2) is 0 Å². The zero-order valence-electron chi connectivity index (χ0n) is 9.58. The first-order valence-corrected chi connectivity index (χ1v) is 6.13. The van der Waals surface area contributed by atoms with Gasteiger partial charge in [0, 0.05) is 12.6 Å². The molecule has 0 spiro atoms. The van der Waals surface area contributed by atoms with Gasteiger partial charge in [-0.2, -0.15) is 0 Å². The molecule has 0 bridgehead atoms. The van der Waals surface area contributed by atoms with E-state index < -0.39 is 0 Å². The fourth-order valence-electron chi connectivity index (χ4n) is 2.46. The minimum Gasteiger partial charge on any atom is -0.310 e. The second-order valence-corrected chi connectivity index (χ2v) is 4.73. The van der Waals surface area contributed by atoms with Crippen molar-refractivity contribution in [3.05, 3.63) is 35.9 Å². The molecule has 1 aromatic carbocycles. The Balaban J connectivity index is 1.82. The topological polar surface area (TPSA) is 12.0 Å². The fraction of sp³-hybridized carbons (Fsp3) is 0.571. The lowest BCUT2D eigenvalue weighted by atomic mass is 9.86. The van der Waals surface area contributed by atoms with Crippen LogP contribution in [-0.2, 0) is 6.54 Å². The van der Waals surface area contributed by atoms with Crippen LogP contribution in [0.15, 0.2) is 30.3 Å². The SMILES string of the molecule is CC1CCCCC1NCc1ccccc1. The van der Waals surface area contributed by atoms with Crippen molar-refractivity contribution in [3.8, 4) is 0 Å². The van der Waals surface area contributed by atoms with E-state index >= 15 is 0 Å². The predicted molar refractivity (Wildman–Crippen MR) is 64.7 cm³/mol. The molecule has 1 aromatic rings. The lowest BCUT2D eigenvalue weighted by molar-refractivity contribution is 0.279. The Morgan fingerprint density at radius 1 is 1.13 bits per heavy atom. The van der Waals surface area contributed by atoms with Crippen LogP contribution in [0.3, 0.4) is 0 Å². The van der Waals surface area contributed by atoms with Crippen molar-refractivity contribution in [2.75, 3.05) is 0 Å². The Labute approximate surface area is 92.9 Å². The molecule has 1 nitrogen and oxygen atoms in total. The van der Waals surface area contributed by atoms with Crippen molar-refractivity contribution in [3.63, 3.8) is 0 Å². The van der Waals surface area contributed by atoms with E-state index in [4.69, 9.17) is 0 Å². The summed E-state index contributed by atoms with van der Waals surface area (Å²) in [6.45, 7) is 3.40. The molecule has 1 aliphatic carbocycles. The Bertz CT molecular complexity index is 281. The minimum atomic E-state index is 0.735. The predicted octanol–water partition coefficient (Wildman–Crippen LogP) is 3.35. The third kappa shape index (κ3) is 3.07. The van der Waals surface area contributed by atoms with Crippen molar-refractivity contribution in [2.24, 2.45) is 5.92 Å². The largest absolute Gasteiger partial charge is 0.310 e. The summed E-state index contributed by atoms with van der Waals surface area (Å²) in [5, 5.41) is 3.69. The number of nitrogens with one attached hydrogen (secondary N) is 1. The number of benzene rings is 1. The number of hydrogen-bond donors (Lipinski definition) is 1. The van der Waals surface area contributed by atoms with Crippen LogP contribution < -0.4 is 5.32 Å². The maximum atomic E-state index is 3.69. The second kappa shape index (κ2) is 5.32. The van der Waals surface area contributed by atoms with Crippen molar-refractivity contribution < 1.29 is 0 Å². The van der Waals surface area contributed by atoms with Gasteiger partial charge in [-0.15, -0.1) is 0 Å². The van der Waals surface area contributed by atoms with Gasteiger partial charge in [0.05, 0.1) is 0 Å². The molecular formula is C14H21N. The molecule has 2 atom stereocenters. The molecule has 0 saturated heterocycles. The summed E-state index contributed by atoms with van der Waals surface area (Å²) in [6, 6.07) is 11.4. The molecule has 1 fully saturated rings. The molecule has 2 rings (SSSR count). The van der Waals surface area contributed by atoms with Gasteiger partial charge in [-0.3, -0.25) is 0 Å².